The van der Waals surface area contributed by atoms with Gasteiger partial charge in [0.15, 0.2) is 12.4 Å². The average Bonchev–Trinajstić information content (AvgIpc) is 3.24. The number of rotatable bonds is 47. The number of hydrogen-bond donors (Lipinski definition) is 0. The number of nitrogens with zero attached hydrogens (tertiary/aromatic N) is 1. The number of hydrogen-bond acceptors (Lipinski definition) is 8. The molecule has 0 bridgehead atoms. The second kappa shape index (κ2) is 45.8. The molecular formula is C54H97NO8. The molecule has 0 radical (unpaired) electrons. The third kappa shape index (κ3) is 47.0. The van der Waals surface area contributed by atoms with Gasteiger partial charge in [-0.25, -0.2) is 0 Å². The predicted octanol–water partition coefficient (Wildman–Crippen LogP) is 13.0. The van der Waals surface area contributed by atoms with E-state index in [1.165, 1.54) is 128 Å². The van der Waals surface area contributed by atoms with Crippen molar-refractivity contribution in [1.82, 2.24) is 0 Å². The van der Waals surface area contributed by atoms with Crippen molar-refractivity contribution in [3.8, 4) is 0 Å². The van der Waals surface area contributed by atoms with Crippen LogP contribution < -0.4 is 5.11 Å². The van der Waals surface area contributed by atoms with Gasteiger partial charge in [-0.3, -0.25) is 9.59 Å². The second-order valence-electron chi connectivity index (χ2n) is 18.4. The summed E-state index contributed by atoms with van der Waals surface area (Å²) in [4.78, 5) is 37.1. The van der Waals surface area contributed by atoms with Gasteiger partial charge >= 0.3 is 11.9 Å². The van der Waals surface area contributed by atoms with E-state index >= 15 is 0 Å². The maximum Gasteiger partial charge on any atom is 0.306 e. The molecule has 9 nitrogen and oxygen atoms in total. The van der Waals surface area contributed by atoms with E-state index in [4.69, 9.17) is 18.9 Å². The minimum Gasteiger partial charge on any atom is -0.545 e. The highest BCUT2D eigenvalue weighted by Crippen LogP contribution is 2.16. The average molecular weight is 888 g/mol. The van der Waals surface area contributed by atoms with E-state index in [-0.39, 0.29) is 32.2 Å². The van der Waals surface area contributed by atoms with Gasteiger partial charge in [0.05, 0.1) is 40.3 Å². The van der Waals surface area contributed by atoms with E-state index in [0.717, 1.165) is 57.8 Å². The first-order valence-corrected chi connectivity index (χ1v) is 25.8. The van der Waals surface area contributed by atoms with Gasteiger partial charge in [0.2, 0.25) is 0 Å². The van der Waals surface area contributed by atoms with Crippen molar-refractivity contribution in [3.63, 3.8) is 0 Å². The number of likely N-dealkylation sites (N-methyl/N-ethyl adjacent to an activating group) is 1. The van der Waals surface area contributed by atoms with Crippen LogP contribution in [0.2, 0.25) is 0 Å². The number of aliphatic carboxylic acids is 1. The summed E-state index contributed by atoms with van der Waals surface area (Å²) in [5, 5.41) is 11.7. The smallest absolute Gasteiger partial charge is 0.306 e. The number of allylic oxidation sites excluding steroid dienone is 8. The molecular weight excluding hydrogens is 791 g/mol. The maximum atomic E-state index is 12.8. The summed E-state index contributed by atoms with van der Waals surface area (Å²) in [6, 6.07) is 0. The van der Waals surface area contributed by atoms with Gasteiger partial charge in [0.25, 0.3) is 0 Å². The molecule has 0 saturated carbocycles. The Morgan fingerprint density at radius 2 is 0.905 bits per heavy atom. The first kappa shape index (κ1) is 60.2. The minimum absolute atomic E-state index is 0.148. The summed E-state index contributed by atoms with van der Waals surface area (Å²) in [5.74, 6) is -2.28. The third-order valence-electron chi connectivity index (χ3n) is 11.1. The number of carboxylic acids is 1. The molecule has 2 atom stereocenters. The fourth-order valence-corrected chi connectivity index (χ4v) is 7.12. The lowest BCUT2D eigenvalue weighted by Crippen LogP contribution is -2.44. The minimum atomic E-state index is -1.62. The molecule has 9 heteroatoms. The van der Waals surface area contributed by atoms with Gasteiger partial charge in [-0.2, -0.15) is 0 Å². The number of carboxylic acid groups (broad SMARTS) is 1. The van der Waals surface area contributed by atoms with E-state index in [9.17, 15) is 19.5 Å². The van der Waals surface area contributed by atoms with Crippen LogP contribution in [0.25, 0.3) is 0 Å². The zero-order valence-corrected chi connectivity index (χ0v) is 41.4. The Labute approximate surface area is 387 Å². The summed E-state index contributed by atoms with van der Waals surface area (Å²) >= 11 is 0. The predicted molar refractivity (Wildman–Crippen MR) is 260 cm³/mol. The van der Waals surface area contributed by atoms with Crippen LogP contribution in [0, 0.1) is 0 Å². The first-order chi connectivity index (χ1) is 30.6. The molecule has 0 aliphatic heterocycles. The van der Waals surface area contributed by atoms with E-state index in [0.29, 0.717) is 23.9 Å². The van der Waals surface area contributed by atoms with Gasteiger partial charge in [0.1, 0.15) is 13.2 Å². The van der Waals surface area contributed by atoms with E-state index in [1.807, 2.05) is 21.1 Å². The van der Waals surface area contributed by atoms with Crippen LogP contribution in [-0.4, -0.2) is 82.3 Å². The van der Waals surface area contributed by atoms with Gasteiger partial charge in [-0.1, -0.05) is 204 Å². The lowest BCUT2D eigenvalue weighted by molar-refractivity contribution is -0.870. The van der Waals surface area contributed by atoms with Crippen LogP contribution in [0.1, 0.15) is 219 Å². The molecule has 0 aromatic carbocycles. The number of ether oxygens (including phenoxy) is 4. The fourth-order valence-electron chi connectivity index (χ4n) is 7.12. The number of esters is 2. The summed E-state index contributed by atoms with van der Waals surface area (Å²) in [6.45, 7) is 4.63. The molecule has 0 heterocycles. The Morgan fingerprint density at radius 1 is 0.492 bits per heavy atom. The molecule has 0 spiro atoms. The third-order valence-corrected chi connectivity index (χ3v) is 11.1. The van der Waals surface area contributed by atoms with Crippen molar-refractivity contribution >= 4 is 17.9 Å². The van der Waals surface area contributed by atoms with Crippen molar-refractivity contribution in [2.75, 3.05) is 47.5 Å². The lowest BCUT2D eigenvalue weighted by Gasteiger charge is -2.26. The molecule has 0 saturated heterocycles. The topological polar surface area (TPSA) is 111 Å². The Balaban J connectivity index is 4.19. The lowest BCUT2D eigenvalue weighted by atomic mass is 10.0. The van der Waals surface area contributed by atoms with Crippen molar-refractivity contribution in [2.45, 2.75) is 232 Å². The quantitative estimate of drug-likeness (QED) is 0.0195. The number of unbranched alkanes of at least 4 members (excludes halogenated alkanes) is 24. The molecule has 0 aromatic rings. The number of carbonyl (C=O) groups is 3. The van der Waals surface area contributed by atoms with Crippen LogP contribution in [-0.2, 0) is 33.3 Å². The van der Waals surface area contributed by atoms with Gasteiger partial charge < -0.3 is 33.3 Å². The van der Waals surface area contributed by atoms with Crippen molar-refractivity contribution in [1.29, 1.82) is 0 Å². The SMILES string of the molecule is CC/C=C\C/C=C\C/C=C\C/C=C\CCCCCCCCCCCCCCCCC(=O)OC(COC(=O)CCCCCCCCCCCCC)COC(OCC[N+](C)(C)C)C(=O)[O-]. The van der Waals surface area contributed by atoms with Gasteiger partial charge in [-0.05, 0) is 51.4 Å². The molecule has 63 heavy (non-hydrogen) atoms. The molecule has 0 amide bonds. The monoisotopic (exact) mass is 888 g/mol. The Morgan fingerprint density at radius 3 is 1.35 bits per heavy atom. The van der Waals surface area contributed by atoms with Crippen LogP contribution in [0.5, 0.6) is 0 Å². The maximum absolute atomic E-state index is 12.8. The number of carbonyl (C=O) groups excluding carboxylic acids is 3. The highest BCUT2D eigenvalue weighted by atomic mass is 16.7. The Hall–Kier alpha value is -2.75. The first-order valence-electron chi connectivity index (χ1n) is 25.8. The second-order valence-corrected chi connectivity index (χ2v) is 18.4. The molecule has 0 N–H and O–H groups in total. The summed E-state index contributed by atoms with van der Waals surface area (Å²) in [7, 11) is 5.91. The summed E-state index contributed by atoms with van der Waals surface area (Å²) < 4.78 is 22.6. The zero-order chi connectivity index (χ0) is 46.3. The van der Waals surface area contributed by atoms with E-state index < -0.39 is 24.3 Å². The number of quaternary nitrogens is 1. The van der Waals surface area contributed by atoms with Crippen molar-refractivity contribution in [3.05, 3.63) is 48.6 Å². The Bertz CT molecular complexity index is 1170. The van der Waals surface area contributed by atoms with Crippen molar-refractivity contribution < 1.29 is 42.9 Å². The highest BCUT2D eigenvalue weighted by molar-refractivity contribution is 5.70. The van der Waals surface area contributed by atoms with E-state index in [1.54, 1.807) is 0 Å². The normalized spacial score (nSPS) is 13.2. The molecule has 0 rings (SSSR count). The molecule has 366 valence electrons. The van der Waals surface area contributed by atoms with Crippen LogP contribution >= 0.6 is 0 Å². The standard InChI is InChI=1S/C54H97NO8/c1-6-8-10-12-14-16-18-19-20-21-22-23-24-25-26-27-28-29-30-31-32-33-35-37-39-41-43-45-52(57)63-50(49-62-54(53(58)59)60-47-46-55(3,4)5)48-61-51(56)44-42-40-38-36-34-17-15-13-11-9-7-2/h8,10,14,16,19-20,22-23,50,54H,6-7,9,11-13,15,17-18,21,24-49H2,1-5H3/b10-8-,16-14-,20-19-,23-22-. The molecule has 0 aliphatic carbocycles. The molecule has 0 fully saturated rings. The highest BCUT2D eigenvalue weighted by Gasteiger charge is 2.22. The van der Waals surface area contributed by atoms with Crippen molar-refractivity contribution in [2.24, 2.45) is 0 Å². The Kier molecular flexibility index (Phi) is 43.8. The molecule has 0 aliphatic rings. The summed E-state index contributed by atoms with van der Waals surface area (Å²) in [6.07, 6.45) is 51.5. The van der Waals surface area contributed by atoms with Gasteiger partial charge in [-0.15, -0.1) is 0 Å². The molecule has 2 unspecified atom stereocenters. The fraction of sp³-hybridized carbons (Fsp3) is 0.796. The summed E-state index contributed by atoms with van der Waals surface area (Å²) in [5.41, 5.74) is 0. The van der Waals surface area contributed by atoms with Crippen LogP contribution in [0.3, 0.4) is 0 Å². The van der Waals surface area contributed by atoms with Gasteiger partial charge in [0, 0.05) is 12.8 Å². The zero-order valence-electron chi connectivity index (χ0n) is 41.4. The van der Waals surface area contributed by atoms with Crippen LogP contribution in [0.4, 0.5) is 0 Å². The largest absolute Gasteiger partial charge is 0.545 e. The van der Waals surface area contributed by atoms with E-state index in [2.05, 4.69) is 62.5 Å². The van der Waals surface area contributed by atoms with Crippen LogP contribution in [0.15, 0.2) is 48.6 Å². The molecule has 0 aromatic heterocycles.